The minimum absolute atomic E-state index is 0.0179. The average Bonchev–Trinajstić information content (AvgIpc) is 3.30. The molecule has 2 unspecified atom stereocenters. The lowest BCUT2D eigenvalue weighted by molar-refractivity contribution is 0.338. The first-order valence-electron chi connectivity index (χ1n) is 8.60. The maximum Gasteiger partial charge on any atom is 0.243 e. The highest BCUT2D eigenvalue weighted by Gasteiger charge is 2.40. The van der Waals surface area contributed by atoms with Crippen LogP contribution in [0, 0.1) is 11.7 Å². The predicted molar refractivity (Wildman–Crippen MR) is 96.8 cm³/mol. The molecular formula is C19H18FN3O3S. The molecule has 0 amide bonds. The van der Waals surface area contributed by atoms with Crippen LogP contribution in [0.2, 0.25) is 0 Å². The third-order valence-electron chi connectivity index (χ3n) is 4.82. The van der Waals surface area contributed by atoms with E-state index in [0.717, 1.165) is 17.7 Å². The summed E-state index contributed by atoms with van der Waals surface area (Å²) in [6.07, 6.45) is 0. The van der Waals surface area contributed by atoms with Crippen molar-refractivity contribution < 1.29 is 17.3 Å². The molecule has 140 valence electrons. The molecule has 0 saturated carbocycles. The molecule has 3 aromatic rings. The highest BCUT2D eigenvalue weighted by Crippen LogP contribution is 2.35. The standard InChI is InChI=1S/C19H18FN3O3S/c1-13-11-23(27(24,25)16-9-7-15(20)8-10-16)12-17(13)19-21-18(22-26-19)14-5-3-2-4-6-14/h2-10,13,17H,11-12H2,1H3. The Hall–Kier alpha value is -2.58. The van der Waals surface area contributed by atoms with Gasteiger partial charge in [-0.05, 0) is 30.2 Å². The highest BCUT2D eigenvalue weighted by molar-refractivity contribution is 7.89. The van der Waals surface area contributed by atoms with Gasteiger partial charge in [-0.15, -0.1) is 0 Å². The monoisotopic (exact) mass is 387 g/mol. The Labute approximate surface area is 156 Å². The van der Waals surface area contributed by atoms with Gasteiger partial charge in [-0.2, -0.15) is 9.29 Å². The van der Waals surface area contributed by atoms with E-state index in [1.807, 2.05) is 37.3 Å². The van der Waals surface area contributed by atoms with E-state index in [0.29, 0.717) is 18.3 Å². The Morgan fingerprint density at radius 2 is 1.78 bits per heavy atom. The molecule has 1 fully saturated rings. The van der Waals surface area contributed by atoms with Gasteiger partial charge in [0.25, 0.3) is 0 Å². The van der Waals surface area contributed by atoms with E-state index in [4.69, 9.17) is 4.52 Å². The van der Waals surface area contributed by atoms with Crippen molar-refractivity contribution in [2.45, 2.75) is 17.7 Å². The van der Waals surface area contributed by atoms with Crippen molar-refractivity contribution >= 4 is 10.0 Å². The van der Waals surface area contributed by atoms with E-state index in [2.05, 4.69) is 10.1 Å². The summed E-state index contributed by atoms with van der Waals surface area (Å²) in [5.41, 5.74) is 0.842. The van der Waals surface area contributed by atoms with E-state index in [9.17, 15) is 12.8 Å². The Morgan fingerprint density at radius 1 is 1.07 bits per heavy atom. The van der Waals surface area contributed by atoms with E-state index >= 15 is 0 Å². The van der Waals surface area contributed by atoms with Crippen molar-refractivity contribution in [2.24, 2.45) is 5.92 Å². The second kappa shape index (κ2) is 6.86. The summed E-state index contributed by atoms with van der Waals surface area (Å²) in [5.74, 6) is 0.270. The first-order valence-corrected chi connectivity index (χ1v) is 10.0. The zero-order valence-electron chi connectivity index (χ0n) is 14.6. The number of rotatable bonds is 4. The molecule has 1 aliphatic heterocycles. The summed E-state index contributed by atoms with van der Waals surface area (Å²) in [6, 6.07) is 14.3. The molecule has 1 saturated heterocycles. The van der Waals surface area contributed by atoms with Gasteiger partial charge < -0.3 is 4.52 Å². The van der Waals surface area contributed by atoms with Crippen LogP contribution in [0.1, 0.15) is 18.7 Å². The molecule has 27 heavy (non-hydrogen) atoms. The molecule has 1 aromatic heterocycles. The van der Waals surface area contributed by atoms with Crippen molar-refractivity contribution in [3.05, 3.63) is 66.3 Å². The molecule has 0 radical (unpaired) electrons. The van der Waals surface area contributed by atoms with Gasteiger partial charge in [0, 0.05) is 18.7 Å². The number of hydrogen-bond acceptors (Lipinski definition) is 5. The fraction of sp³-hybridized carbons (Fsp3) is 0.263. The van der Waals surface area contributed by atoms with Crippen molar-refractivity contribution in [1.29, 1.82) is 0 Å². The Balaban J connectivity index is 1.57. The molecule has 0 spiro atoms. The van der Waals surface area contributed by atoms with E-state index < -0.39 is 15.8 Å². The number of halogens is 1. The molecule has 0 aliphatic carbocycles. The highest BCUT2D eigenvalue weighted by atomic mass is 32.2. The van der Waals surface area contributed by atoms with Crippen LogP contribution >= 0.6 is 0 Å². The van der Waals surface area contributed by atoms with Crippen LogP contribution in [-0.4, -0.2) is 36.0 Å². The van der Waals surface area contributed by atoms with Crippen molar-refractivity contribution in [2.75, 3.05) is 13.1 Å². The number of nitrogens with zero attached hydrogens (tertiary/aromatic N) is 3. The lowest BCUT2D eigenvalue weighted by atomic mass is 9.98. The predicted octanol–water partition coefficient (Wildman–Crippen LogP) is 3.30. The largest absolute Gasteiger partial charge is 0.339 e. The molecule has 4 rings (SSSR count). The Kier molecular flexibility index (Phi) is 4.53. The smallest absolute Gasteiger partial charge is 0.243 e. The molecule has 1 aliphatic rings. The lowest BCUT2D eigenvalue weighted by Gasteiger charge is -2.16. The second-order valence-corrected chi connectivity index (χ2v) is 8.62. The maximum absolute atomic E-state index is 13.1. The fourth-order valence-electron chi connectivity index (χ4n) is 3.29. The number of benzene rings is 2. The van der Waals surface area contributed by atoms with Crippen LogP contribution < -0.4 is 0 Å². The summed E-state index contributed by atoms with van der Waals surface area (Å²) in [4.78, 5) is 4.54. The Morgan fingerprint density at radius 3 is 2.48 bits per heavy atom. The van der Waals surface area contributed by atoms with Gasteiger partial charge in [0.1, 0.15) is 5.82 Å². The summed E-state index contributed by atoms with van der Waals surface area (Å²) in [7, 11) is -3.70. The van der Waals surface area contributed by atoms with Crippen LogP contribution in [-0.2, 0) is 10.0 Å². The van der Waals surface area contributed by atoms with Crippen molar-refractivity contribution in [3.63, 3.8) is 0 Å². The van der Waals surface area contributed by atoms with E-state index in [1.54, 1.807) is 0 Å². The average molecular weight is 387 g/mol. The van der Waals surface area contributed by atoms with Gasteiger partial charge in [-0.1, -0.05) is 42.4 Å². The Bertz CT molecular complexity index is 1040. The third-order valence-corrected chi connectivity index (χ3v) is 6.67. The zero-order valence-corrected chi connectivity index (χ0v) is 15.4. The minimum Gasteiger partial charge on any atom is -0.339 e. The van der Waals surface area contributed by atoms with Gasteiger partial charge in [0.15, 0.2) is 0 Å². The van der Waals surface area contributed by atoms with Crippen LogP contribution in [0.5, 0.6) is 0 Å². The molecule has 2 heterocycles. The summed E-state index contributed by atoms with van der Waals surface area (Å²) in [5, 5.41) is 4.02. The summed E-state index contributed by atoms with van der Waals surface area (Å²) in [6.45, 7) is 2.54. The van der Waals surface area contributed by atoms with Gasteiger partial charge in [0.2, 0.25) is 21.7 Å². The van der Waals surface area contributed by atoms with Crippen molar-refractivity contribution in [1.82, 2.24) is 14.4 Å². The molecule has 2 atom stereocenters. The first kappa shape index (κ1) is 17.8. The maximum atomic E-state index is 13.1. The number of aromatic nitrogens is 2. The fourth-order valence-corrected chi connectivity index (χ4v) is 4.85. The van der Waals surface area contributed by atoms with Crippen LogP contribution in [0.25, 0.3) is 11.4 Å². The first-order chi connectivity index (χ1) is 12.9. The number of hydrogen-bond donors (Lipinski definition) is 0. The normalized spacial score (nSPS) is 20.8. The van der Waals surface area contributed by atoms with Gasteiger partial charge >= 0.3 is 0 Å². The lowest BCUT2D eigenvalue weighted by Crippen LogP contribution is -2.29. The molecule has 2 aromatic carbocycles. The number of sulfonamides is 1. The second-order valence-electron chi connectivity index (χ2n) is 6.68. The zero-order chi connectivity index (χ0) is 19.0. The molecule has 0 N–H and O–H groups in total. The summed E-state index contributed by atoms with van der Waals surface area (Å²) >= 11 is 0. The topological polar surface area (TPSA) is 76.3 Å². The van der Waals surface area contributed by atoms with Crippen LogP contribution in [0.4, 0.5) is 4.39 Å². The minimum atomic E-state index is -3.70. The molecular weight excluding hydrogens is 369 g/mol. The molecule has 8 heteroatoms. The van der Waals surface area contributed by atoms with Crippen LogP contribution in [0.15, 0.2) is 64.0 Å². The van der Waals surface area contributed by atoms with Crippen molar-refractivity contribution in [3.8, 4) is 11.4 Å². The SMILES string of the molecule is CC1CN(S(=O)(=O)c2ccc(F)cc2)CC1c1nc(-c2ccccc2)no1. The molecule has 0 bridgehead atoms. The van der Waals surface area contributed by atoms with Gasteiger partial charge in [0.05, 0.1) is 10.8 Å². The quantitative estimate of drug-likeness (QED) is 0.687. The van der Waals surface area contributed by atoms with Gasteiger partial charge in [-0.3, -0.25) is 0 Å². The van der Waals surface area contributed by atoms with Gasteiger partial charge in [-0.25, -0.2) is 12.8 Å². The van der Waals surface area contributed by atoms with Crippen LogP contribution in [0.3, 0.4) is 0 Å². The van der Waals surface area contributed by atoms with E-state index in [1.165, 1.54) is 16.4 Å². The summed E-state index contributed by atoms with van der Waals surface area (Å²) < 4.78 is 45.6. The third kappa shape index (κ3) is 3.38. The molecule has 6 nitrogen and oxygen atoms in total. The van der Waals surface area contributed by atoms with E-state index in [-0.39, 0.29) is 23.3 Å².